The lowest BCUT2D eigenvalue weighted by atomic mass is 9.84. The first-order chi connectivity index (χ1) is 13.6. The number of hydrogen-bond donors (Lipinski definition) is 2. The van der Waals surface area contributed by atoms with Crippen molar-refractivity contribution in [1.82, 2.24) is 29.8 Å². The SMILES string of the molecule is Cc1nn2cc(CCNC(=O)c3ccc4n(c3=O)C[C@@H]3CNC[C@H]4C3)nc2s1. The third-order valence-electron chi connectivity index (χ3n) is 5.61. The Balaban J connectivity index is 1.28. The van der Waals surface area contributed by atoms with Crippen molar-refractivity contribution < 1.29 is 4.79 Å². The predicted octanol–water partition coefficient (Wildman–Crippen LogP) is 0.940. The second-order valence-corrected chi connectivity index (χ2v) is 8.79. The number of aromatic nitrogens is 4. The number of piperidine rings is 1. The van der Waals surface area contributed by atoms with Crippen LogP contribution in [0.3, 0.4) is 0 Å². The number of aryl methyl sites for hydroxylation is 1. The van der Waals surface area contributed by atoms with Crippen LogP contribution in [-0.4, -0.2) is 44.7 Å². The number of nitrogens with zero attached hydrogens (tertiary/aromatic N) is 4. The van der Waals surface area contributed by atoms with Crippen LogP contribution in [0, 0.1) is 12.8 Å². The minimum atomic E-state index is -0.316. The van der Waals surface area contributed by atoms with Crippen molar-refractivity contribution in [3.05, 3.63) is 50.6 Å². The molecule has 2 bridgehead atoms. The molecule has 3 aromatic heterocycles. The fraction of sp³-hybridized carbons (Fsp3) is 0.474. The highest BCUT2D eigenvalue weighted by Gasteiger charge is 2.31. The third-order valence-corrected chi connectivity index (χ3v) is 6.45. The van der Waals surface area contributed by atoms with Crippen molar-refractivity contribution in [2.24, 2.45) is 5.92 Å². The minimum absolute atomic E-state index is 0.172. The lowest BCUT2D eigenvalue weighted by Crippen LogP contribution is -2.46. The summed E-state index contributed by atoms with van der Waals surface area (Å²) >= 11 is 1.54. The molecule has 1 amide bonds. The Bertz CT molecular complexity index is 1080. The summed E-state index contributed by atoms with van der Waals surface area (Å²) in [7, 11) is 0. The molecule has 0 aromatic carbocycles. The monoisotopic (exact) mass is 398 g/mol. The smallest absolute Gasteiger partial charge is 0.263 e. The predicted molar refractivity (Wildman–Crippen MR) is 106 cm³/mol. The molecular formula is C19H22N6O2S. The molecule has 2 aliphatic heterocycles. The van der Waals surface area contributed by atoms with E-state index in [2.05, 4.69) is 20.7 Å². The summed E-state index contributed by atoms with van der Waals surface area (Å²) in [6.45, 7) is 4.91. The Morgan fingerprint density at radius 2 is 2.29 bits per heavy atom. The molecule has 5 heterocycles. The van der Waals surface area contributed by atoms with Gasteiger partial charge in [0.2, 0.25) is 4.96 Å². The molecule has 9 heteroatoms. The van der Waals surface area contributed by atoms with Crippen molar-refractivity contribution in [3.8, 4) is 0 Å². The number of carbonyl (C=O) groups excluding carboxylic acids is 1. The zero-order valence-corrected chi connectivity index (χ0v) is 16.5. The highest BCUT2D eigenvalue weighted by atomic mass is 32.1. The molecule has 0 radical (unpaired) electrons. The summed E-state index contributed by atoms with van der Waals surface area (Å²) in [5.74, 6) is 0.516. The van der Waals surface area contributed by atoms with Gasteiger partial charge in [0.15, 0.2) is 0 Å². The number of fused-ring (bicyclic) bond motifs is 5. The van der Waals surface area contributed by atoms with E-state index in [1.165, 1.54) is 11.3 Å². The molecule has 0 unspecified atom stereocenters. The largest absolute Gasteiger partial charge is 0.351 e. The van der Waals surface area contributed by atoms with Gasteiger partial charge in [-0.1, -0.05) is 11.3 Å². The Morgan fingerprint density at radius 3 is 3.14 bits per heavy atom. The van der Waals surface area contributed by atoms with Gasteiger partial charge in [0.1, 0.15) is 10.6 Å². The van der Waals surface area contributed by atoms with E-state index in [0.717, 1.165) is 40.9 Å². The van der Waals surface area contributed by atoms with Crippen LogP contribution in [0.15, 0.2) is 23.1 Å². The van der Waals surface area contributed by atoms with Crippen LogP contribution in [0.2, 0.25) is 0 Å². The second-order valence-electron chi connectivity index (χ2n) is 7.63. The van der Waals surface area contributed by atoms with Crippen molar-refractivity contribution >= 4 is 22.2 Å². The van der Waals surface area contributed by atoms with Gasteiger partial charge in [-0.25, -0.2) is 9.50 Å². The van der Waals surface area contributed by atoms with Gasteiger partial charge in [-0.3, -0.25) is 9.59 Å². The lowest BCUT2D eigenvalue weighted by Gasteiger charge is -2.37. The van der Waals surface area contributed by atoms with Gasteiger partial charge in [-0.15, -0.1) is 0 Å². The second kappa shape index (κ2) is 6.82. The van der Waals surface area contributed by atoms with Crippen molar-refractivity contribution in [2.45, 2.75) is 32.2 Å². The number of imidazole rings is 1. The standard InChI is InChI=1S/C19H22N6O2S/c1-11-23-25-10-14(22-19(25)28-11)4-5-21-17(26)15-2-3-16-13-6-12(7-20-8-13)9-24(16)18(15)27/h2-3,10,12-13,20H,4-9H2,1H3,(H,21,26)/t12-,13+/m0/s1. The van der Waals surface area contributed by atoms with Gasteiger partial charge in [-0.05, 0) is 37.9 Å². The van der Waals surface area contributed by atoms with E-state index >= 15 is 0 Å². The lowest BCUT2D eigenvalue weighted by molar-refractivity contribution is 0.0951. The van der Waals surface area contributed by atoms with Crippen LogP contribution >= 0.6 is 11.3 Å². The van der Waals surface area contributed by atoms with Gasteiger partial charge >= 0.3 is 0 Å². The molecule has 0 spiro atoms. The molecule has 0 saturated carbocycles. The molecule has 146 valence electrons. The number of rotatable bonds is 4. The van der Waals surface area contributed by atoms with Crippen molar-refractivity contribution in [2.75, 3.05) is 19.6 Å². The maximum absolute atomic E-state index is 12.9. The summed E-state index contributed by atoms with van der Waals surface area (Å²) in [6.07, 6.45) is 3.60. The van der Waals surface area contributed by atoms with E-state index in [1.807, 2.05) is 23.8 Å². The normalized spacial score (nSPS) is 20.9. The van der Waals surface area contributed by atoms with E-state index in [0.29, 0.717) is 31.3 Å². The molecule has 8 nitrogen and oxygen atoms in total. The van der Waals surface area contributed by atoms with Crippen molar-refractivity contribution in [1.29, 1.82) is 0 Å². The maximum atomic E-state index is 12.9. The third kappa shape index (κ3) is 3.04. The van der Waals surface area contributed by atoms with Gasteiger partial charge in [0, 0.05) is 37.7 Å². The van der Waals surface area contributed by atoms with Crippen molar-refractivity contribution in [3.63, 3.8) is 0 Å². The molecule has 28 heavy (non-hydrogen) atoms. The van der Waals surface area contributed by atoms with Gasteiger partial charge in [0.05, 0.1) is 11.9 Å². The zero-order chi connectivity index (χ0) is 19.3. The topological polar surface area (TPSA) is 93.3 Å². The number of carbonyl (C=O) groups is 1. The van der Waals surface area contributed by atoms with Crippen LogP contribution in [0.1, 0.15) is 39.1 Å². The van der Waals surface area contributed by atoms with Crippen LogP contribution < -0.4 is 16.2 Å². The molecule has 3 aromatic rings. The molecule has 0 aliphatic carbocycles. The number of amides is 1. The molecule has 1 fully saturated rings. The van der Waals surface area contributed by atoms with Crippen LogP contribution in [0.4, 0.5) is 0 Å². The number of pyridine rings is 1. The first-order valence-electron chi connectivity index (χ1n) is 9.63. The maximum Gasteiger partial charge on any atom is 0.263 e. The van der Waals surface area contributed by atoms with E-state index in [-0.39, 0.29) is 17.0 Å². The Morgan fingerprint density at radius 1 is 1.39 bits per heavy atom. The number of nitrogens with one attached hydrogen (secondary N) is 2. The van der Waals surface area contributed by atoms with Gasteiger partial charge in [0.25, 0.3) is 11.5 Å². The molecule has 2 atom stereocenters. The summed E-state index contributed by atoms with van der Waals surface area (Å²) < 4.78 is 3.57. The fourth-order valence-corrected chi connectivity index (χ4v) is 5.07. The fourth-order valence-electron chi connectivity index (χ4n) is 4.33. The Kier molecular flexibility index (Phi) is 4.28. The summed E-state index contributed by atoms with van der Waals surface area (Å²) in [4.78, 5) is 30.8. The van der Waals surface area contributed by atoms with E-state index < -0.39 is 0 Å². The van der Waals surface area contributed by atoms with E-state index in [9.17, 15) is 9.59 Å². The molecule has 1 saturated heterocycles. The first-order valence-corrected chi connectivity index (χ1v) is 10.4. The average molecular weight is 398 g/mol. The minimum Gasteiger partial charge on any atom is -0.351 e. The molecule has 5 rings (SSSR count). The molecule has 2 N–H and O–H groups in total. The number of hydrogen-bond acceptors (Lipinski definition) is 6. The van der Waals surface area contributed by atoms with Gasteiger partial charge < -0.3 is 15.2 Å². The van der Waals surface area contributed by atoms with Crippen LogP contribution in [0.5, 0.6) is 0 Å². The highest BCUT2D eigenvalue weighted by molar-refractivity contribution is 7.16. The molecule has 2 aliphatic rings. The highest BCUT2D eigenvalue weighted by Crippen LogP contribution is 2.31. The first kappa shape index (κ1) is 17.6. The summed E-state index contributed by atoms with van der Waals surface area (Å²) in [5, 5.41) is 11.6. The Hall–Kier alpha value is -2.52. The van der Waals surface area contributed by atoms with Gasteiger partial charge in [-0.2, -0.15) is 5.10 Å². The quantitative estimate of drug-likeness (QED) is 0.682. The van der Waals surface area contributed by atoms with E-state index in [4.69, 9.17) is 0 Å². The molecular weight excluding hydrogens is 376 g/mol. The van der Waals surface area contributed by atoms with E-state index in [1.54, 1.807) is 10.6 Å². The average Bonchev–Trinajstić information content (AvgIpc) is 3.19. The van der Waals surface area contributed by atoms with Crippen LogP contribution in [0.25, 0.3) is 4.96 Å². The Labute approximate surface area is 165 Å². The summed E-state index contributed by atoms with van der Waals surface area (Å²) in [5.41, 5.74) is 1.97. The zero-order valence-electron chi connectivity index (χ0n) is 15.6. The summed E-state index contributed by atoms with van der Waals surface area (Å²) in [6, 6.07) is 3.62. The van der Waals surface area contributed by atoms with Crippen LogP contribution in [-0.2, 0) is 13.0 Å².